The molecule has 0 unspecified atom stereocenters. The van der Waals surface area contributed by atoms with Crippen LogP contribution in [0.25, 0.3) is 16.3 Å². The smallest absolute Gasteiger partial charge is 0.423 e. The van der Waals surface area contributed by atoms with Gasteiger partial charge in [-0.05, 0) is 16.8 Å². The molecule has 0 saturated heterocycles. The molecule has 1 atom stereocenters. The van der Waals surface area contributed by atoms with Crippen molar-refractivity contribution in [3.63, 3.8) is 0 Å². The number of rotatable bonds is 4. The molecule has 7 heteroatoms. The van der Waals surface area contributed by atoms with E-state index >= 15 is 0 Å². The molecule has 2 aromatic rings. The summed E-state index contributed by atoms with van der Waals surface area (Å²) in [5, 5.41) is 12.4. The summed E-state index contributed by atoms with van der Waals surface area (Å²) in [7, 11) is 2.08. The van der Waals surface area contributed by atoms with Crippen molar-refractivity contribution < 1.29 is 29.0 Å². The zero-order chi connectivity index (χ0) is 17.0. The first-order chi connectivity index (χ1) is 11.0. The highest BCUT2D eigenvalue weighted by atomic mass is 16.5. The Balaban J connectivity index is 2.72. The molecule has 0 aromatic heterocycles. The summed E-state index contributed by atoms with van der Waals surface area (Å²) in [4.78, 5) is 26.6. The number of nitrogens with zero attached hydrogens (tertiary/aromatic N) is 2. The largest absolute Gasteiger partial charge is 0.466 e. The van der Waals surface area contributed by atoms with E-state index < -0.39 is 23.3 Å². The van der Waals surface area contributed by atoms with E-state index in [1.807, 2.05) is 12.1 Å². The van der Waals surface area contributed by atoms with Crippen molar-refractivity contribution in [1.29, 1.82) is 0 Å². The lowest BCUT2D eigenvalue weighted by atomic mass is 9.87. The summed E-state index contributed by atoms with van der Waals surface area (Å²) < 4.78 is 9.03. The van der Waals surface area contributed by atoms with E-state index in [1.54, 1.807) is 18.2 Å². The number of fused-ring (bicyclic) bond motifs is 1. The van der Waals surface area contributed by atoms with Crippen LogP contribution in [-0.4, -0.2) is 41.8 Å². The minimum absolute atomic E-state index is 0.0150. The molecule has 0 amide bonds. The van der Waals surface area contributed by atoms with E-state index in [2.05, 4.69) is 14.3 Å². The van der Waals surface area contributed by atoms with Crippen LogP contribution in [0.4, 0.5) is 0 Å². The van der Waals surface area contributed by atoms with Crippen LogP contribution in [0.3, 0.4) is 0 Å². The topological polar surface area (TPSA) is 109 Å². The van der Waals surface area contributed by atoms with Gasteiger partial charge in [-0.2, -0.15) is 4.79 Å². The predicted octanol–water partition coefficient (Wildman–Crippen LogP) is 1.04. The van der Waals surface area contributed by atoms with Gasteiger partial charge in [0.05, 0.1) is 14.2 Å². The summed E-state index contributed by atoms with van der Waals surface area (Å²) in [5.74, 6) is -2.33. The van der Waals surface area contributed by atoms with Crippen molar-refractivity contribution in [2.75, 3.05) is 14.2 Å². The Bertz CT molecular complexity index is 826. The highest BCUT2D eigenvalue weighted by Crippen LogP contribution is 2.28. The van der Waals surface area contributed by atoms with Gasteiger partial charge in [-0.3, -0.25) is 0 Å². The van der Waals surface area contributed by atoms with Crippen LogP contribution in [0.15, 0.2) is 42.5 Å². The summed E-state index contributed by atoms with van der Waals surface area (Å²) in [5.41, 5.74) is 5.63. The molecule has 0 heterocycles. The van der Waals surface area contributed by atoms with Gasteiger partial charge >= 0.3 is 17.7 Å². The Morgan fingerprint density at radius 3 is 2.30 bits per heavy atom. The number of hydrogen-bond donors (Lipinski definition) is 1. The maximum absolute atomic E-state index is 12.1. The van der Waals surface area contributed by atoms with Gasteiger partial charge in [0.15, 0.2) is 0 Å². The second-order valence-corrected chi connectivity index (χ2v) is 4.70. The van der Waals surface area contributed by atoms with Crippen molar-refractivity contribution in [1.82, 2.24) is 0 Å². The summed E-state index contributed by atoms with van der Waals surface area (Å²) in [6.45, 7) is 0. The van der Waals surface area contributed by atoms with Gasteiger partial charge < -0.3 is 20.1 Å². The van der Waals surface area contributed by atoms with Gasteiger partial charge in [0.1, 0.15) is 0 Å². The van der Waals surface area contributed by atoms with Gasteiger partial charge in [-0.15, -0.1) is 0 Å². The van der Waals surface area contributed by atoms with E-state index in [1.165, 1.54) is 12.1 Å². The molecule has 1 N–H and O–H groups in total. The quantitative estimate of drug-likeness (QED) is 0.392. The van der Waals surface area contributed by atoms with Crippen LogP contribution in [0.5, 0.6) is 0 Å². The van der Waals surface area contributed by atoms with Crippen molar-refractivity contribution in [2.24, 2.45) is 0 Å². The predicted molar refractivity (Wildman–Crippen MR) is 80.5 cm³/mol. The third kappa shape index (κ3) is 2.70. The third-order valence-corrected chi connectivity index (χ3v) is 3.47. The number of methoxy groups -OCH3 is 2. The SMILES string of the molecule is COC(=O)C(=[N+]=[N-])[C@@](O)(C(=O)OC)c1ccc2ccccc2c1. The monoisotopic (exact) mass is 314 g/mol. The maximum Gasteiger partial charge on any atom is 0.423 e. The summed E-state index contributed by atoms with van der Waals surface area (Å²) in [6.07, 6.45) is 0. The van der Waals surface area contributed by atoms with Crippen LogP contribution in [-0.2, 0) is 24.7 Å². The highest BCUT2D eigenvalue weighted by Gasteiger charge is 2.55. The number of hydrogen-bond acceptors (Lipinski definition) is 5. The lowest BCUT2D eigenvalue weighted by Crippen LogP contribution is -2.49. The normalized spacial score (nSPS) is 12.8. The average Bonchev–Trinajstić information content (AvgIpc) is 2.60. The molecule has 0 radical (unpaired) electrons. The molecule has 0 aliphatic rings. The second kappa shape index (κ2) is 6.39. The second-order valence-electron chi connectivity index (χ2n) is 4.70. The molecule has 0 saturated carbocycles. The average molecular weight is 314 g/mol. The first-order valence-corrected chi connectivity index (χ1v) is 6.60. The number of carbonyl (C=O) groups excluding carboxylic acids is 2. The fourth-order valence-electron chi connectivity index (χ4n) is 2.27. The summed E-state index contributed by atoms with van der Waals surface area (Å²) >= 11 is 0. The summed E-state index contributed by atoms with van der Waals surface area (Å²) in [6, 6.07) is 11.8. The molecule has 0 spiro atoms. The van der Waals surface area contributed by atoms with E-state index in [0.717, 1.165) is 25.0 Å². The Hall–Kier alpha value is -3.02. The van der Waals surface area contributed by atoms with E-state index in [9.17, 15) is 14.7 Å². The number of carbonyl (C=O) groups is 2. The van der Waals surface area contributed by atoms with Crippen LogP contribution in [0, 0.1) is 0 Å². The lowest BCUT2D eigenvalue weighted by molar-refractivity contribution is -0.163. The third-order valence-electron chi connectivity index (χ3n) is 3.47. The molecule has 2 aromatic carbocycles. The minimum atomic E-state index is -2.60. The Morgan fingerprint density at radius 1 is 1.09 bits per heavy atom. The van der Waals surface area contributed by atoms with Crippen LogP contribution >= 0.6 is 0 Å². The van der Waals surface area contributed by atoms with Gasteiger partial charge in [-0.1, -0.05) is 36.4 Å². The first kappa shape index (κ1) is 16.4. The molecule has 0 aliphatic carbocycles. The number of aliphatic hydroxyl groups is 1. The van der Waals surface area contributed by atoms with Gasteiger partial charge in [0.25, 0.3) is 5.60 Å². The van der Waals surface area contributed by atoms with Crippen LogP contribution < -0.4 is 0 Å². The zero-order valence-corrected chi connectivity index (χ0v) is 12.5. The Kier molecular flexibility index (Phi) is 4.55. The molecule has 118 valence electrons. The van der Waals surface area contributed by atoms with Crippen molar-refractivity contribution in [3.8, 4) is 0 Å². The van der Waals surface area contributed by atoms with Crippen molar-refractivity contribution >= 4 is 28.4 Å². The van der Waals surface area contributed by atoms with Crippen molar-refractivity contribution in [2.45, 2.75) is 5.60 Å². The zero-order valence-electron chi connectivity index (χ0n) is 12.5. The van der Waals surface area contributed by atoms with Crippen LogP contribution in [0.1, 0.15) is 5.56 Å². The molecule has 23 heavy (non-hydrogen) atoms. The fraction of sp³-hybridized carbons (Fsp3) is 0.188. The highest BCUT2D eigenvalue weighted by molar-refractivity contribution is 6.41. The van der Waals surface area contributed by atoms with Crippen LogP contribution in [0.2, 0.25) is 0 Å². The van der Waals surface area contributed by atoms with Crippen molar-refractivity contribution in [3.05, 3.63) is 53.6 Å². The minimum Gasteiger partial charge on any atom is -0.466 e. The molecule has 0 aliphatic heterocycles. The Morgan fingerprint density at radius 2 is 1.74 bits per heavy atom. The molecule has 2 rings (SSSR count). The molecular weight excluding hydrogens is 300 g/mol. The number of esters is 2. The number of ether oxygens (including phenoxy) is 2. The maximum atomic E-state index is 12.1. The molecular formula is C16H14N2O5. The first-order valence-electron chi connectivity index (χ1n) is 6.60. The standard InChI is InChI=1S/C16H14N2O5/c1-22-14(19)13(18-17)16(21,15(20)23-2)12-8-7-10-5-3-4-6-11(10)9-12/h3-9,21H,1-2H3/t16-/m1/s1. The molecule has 0 fully saturated rings. The lowest BCUT2D eigenvalue weighted by Gasteiger charge is -2.20. The molecule has 0 bridgehead atoms. The van der Waals surface area contributed by atoms with Gasteiger partial charge in [0.2, 0.25) is 0 Å². The Labute approximate surface area is 131 Å². The fourth-order valence-corrected chi connectivity index (χ4v) is 2.27. The van der Waals surface area contributed by atoms with Gasteiger partial charge in [-0.25, -0.2) is 9.59 Å². The number of benzene rings is 2. The van der Waals surface area contributed by atoms with Gasteiger partial charge in [0, 0.05) is 5.56 Å². The van der Waals surface area contributed by atoms with E-state index in [0.29, 0.717) is 0 Å². The van der Waals surface area contributed by atoms with E-state index in [-0.39, 0.29) is 5.56 Å². The molecule has 7 nitrogen and oxygen atoms in total. The van der Waals surface area contributed by atoms with E-state index in [4.69, 9.17) is 5.53 Å².